The molecule has 1 aromatic rings. The Morgan fingerprint density at radius 3 is 2.88 bits per heavy atom. The van der Waals surface area contributed by atoms with E-state index in [2.05, 4.69) is 12.3 Å². The lowest BCUT2D eigenvalue weighted by Gasteiger charge is -2.24. The Morgan fingerprint density at radius 1 is 1.62 bits per heavy atom. The Kier molecular flexibility index (Phi) is 5.49. The lowest BCUT2D eigenvalue weighted by molar-refractivity contribution is -0.143. The van der Waals surface area contributed by atoms with E-state index >= 15 is 0 Å². The van der Waals surface area contributed by atoms with Crippen LogP contribution in [0.2, 0.25) is 0 Å². The second kappa shape index (κ2) is 6.66. The number of rotatable bonds is 7. The molecule has 0 spiro atoms. The number of unbranched alkanes of at least 4 members (excludes halogenated alkanes) is 1. The maximum atomic E-state index is 11.1. The normalized spacial score (nSPS) is 12.9. The van der Waals surface area contributed by atoms with Crippen molar-refractivity contribution >= 4 is 17.3 Å². The zero-order valence-corrected chi connectivity index (χ0v) is 10.7. The van der Waals surface area contributed by atoms with Crippen LogP contribution in [0, 0.1) is 0 Å². The van der Waals surface area contributed by atoms with Gasteiger partial charge in [0.05, 0.1) is 0 Å². The largest absolute Gasteiger partial charge is 0.480 e. The van der Waals surface area contributed by atoms with Crippen molar-refractivity contribution < 1.29 is 9.90 Å². The Morgan fingerprint density at radius 2 is 2.38 bits per heavy atom. The quantitative estimate of drug-likeness (QED) is 0.798. The van der Waals surface area contributed by atoms with E-state index in [0.717, 1.165) is 19.3 Å². The number of carboxylic acids is 1. The van der Waals surface area contributed by atoms with E-state index < -0.39 is 5.97 Å². The molecule has 0 amide bonds. The highest BCUT2D eigenvalue weighted by atomic mass is 32.1. The molecule has 1 atom stereocenters. The van der Waals surface area contributed by atoms with Gasteiger partial charge < -0.3 is 5.11 Å². The number of hydrogen-bond donors (Lipinski definition) is 1. The topological polar surface area (TPSA) is 40.5 Å². The molecule has 0 bridgehead atoms. The highest BCUT2D eigenvalue weighted by Gasteiger charge is 2.21. The molecule has 1 heterocycles. The number of carboxylic acid groups (broad SMARTS) is 1. The molecule has 0 aliphatic rings. The molecule has 90 valence electrons. The molecule has 16 heavy (non-hydrogen) atoms. The second-order valence-corrected chi connectivity index (χ2v) is 4.82. The van der Waals surface area contributed by atoms with Gasteiger partial charge in [-0.05, 0) is 35.9 Å². The van der Waals surface area contributed by atoms with Crippen LogP contribution in [-0.2, 0) is 11.3 Å². The summed E-state index contributed by atoms with van der Waals surface area (Å²) in [7, 11) is 1.88. The lowest BCUT2D eigenvalue weighted by Crippen LogP contribution is -2.37. The molecule has 0 radical (unpaired) electrons. The third kappa shape index (κ3) is 3.94. The van der Waals surface area contributed by atoms with E-state index in [9.17, 15) is 4.79 Å². The summed E-state index contributed by atoms with van der Waals surface area (Å²) in [5.41, 5.74) is 1.19. The Hall–Kier alpha value is -0.870. The minimum atomic E-state index is -0.717. The van der Waals surface area contributed by atoms with Crippen molar-refractivity contribution in [3.63, 3.8) is 0 Å². The van der Waals surface area contributed by atoms with E-state index in [0.29, 0.717) is 6.54 Å². The van der Waals surface area contributed by atoms with Gasteiger partial charge in [0.1, 0.15) is 6.04 Å². The maximum absolute atomic E-state index is 11.1. The van der Waals surface area contributed by atoms with Crippen LogP contribution in [0.15, 0.2) is 16.8 Å². The van der Waals surface area contributed by atoms with Crippen molar-refractivity contribution in [3.05, 3.63) is 22.4 Å². The van der Waals surface area contributed by atoms with E-state index in [1.54, 1.807) is 11.3 Å². The number of likely N-dealkylation sites (N-methyl/N-ethyl adjacent to an activating group) is 1. The number of hydrogen-bond acceptors (Lipinski definition) is 3. The minimum Gasteiger partial charge on any atom is -0.480 e. The predicted molar refractivity (Wildman–Crippen MR) is 66.7 cm³/mol. The Bertz CT molecular complexity index is 311. The molecule has 0 saturated heterocycles. The molecule has 0 aliphatic heterocycles. The first kappa shape index (κ1) is 13.2. The van der Waals surface area contributed by atoms with Crippen molar-refractivity contribution in [3.8, 4) is 0 Å². The fourth-order valence-electron chi connectivity index (χ4n) is 1.71. The van der Waals surface area contributed by atoms with Gasteiger partial charge in [0, 0.05) is 6.54 Å². The number of aliphatic carboxylic acids is 1. The summed E-state index contributed by atoms with van der Waals surface area (Å²) in [5.74, 6) is -0.717. The molecule has 4 heteroatoms. The molecule has 0 aliphatic carbocycles. The molecular weight excluding hydrogens is 222 g/mol. The maximum Gasteiger partial charge on any atom is 0.320 e. The van der Waals surface area contributed by atoms with Crippen LogP contribution in [0.3, 0.4) is 0 Å². The zero-order chi connectivity index (χ0) is 12.0. The summed E-state index contributed by atoms with van der Waals surface area (Å²) in [6.45, 7) is 2.79. The van der Waals surface area contributed by atoms with Gasteiger partial charge in [-0.1, -0.05) is 19.8 Å². The summed E-state index contributed by atoms with van der Waals surface area (Å²) in [6.07, 6.45) is 2.73. The first-order valence-electron chi connectivity index (χ1n) is 5.59. The lowest BCUT2D eigenvalue weighted by atomic mass is 10.1. The molecule has 0 fully saturated rings. The van der Waals surface area contributed by atoms with Crippen molar-refractivity contribution in [2.75, 3.05) is 7.05 Å². The fraction of sp³-hybridized carbons (Fsp3) is 0.583. The van der Waals surface area contributed by atoms with Gasteiger partial charge in [0.25, 0.3) is 0 Å². The summed E-state index contributed by atoms with van der Waals surface area (Å²) < 4.78 is 0. The van der Waals surface area contributed by atoms with Gasteiger partial charge in [-0.2, -0.15) is 11.3 Å². The third-order valence-electron chi connectivity index (χ3n) is 2.66. The van der Waals surface area contributed by atoms with Gasteiger partial charge in [-0.15, -0.1) is 0 Å². The summed E-state index contributed by atoms with van der Waals surface area (Å²) in [5, 5.41) is 13.2. The van der Waals surface area contributed by atoms with Crippen molar-refractivity contribution in [2.24, 2.45) is 0 Å². The van der Waals surface area contributed by atoms with E-state index in [1.165, 1.54) is 5.56 Å². The predicted octanol–water partition coefficient (Wildman–Crippen LogP) is 2.82. The summed E-state index contributed by atoms with van der Waals surface area (Å²) in [6, 6.07) is 1.68. The van der Waals surface area contributed by atoms with Crippen LogP contribution in [-0.4, -0.2) is 29.1 Å². The average Bonchev–Trinajstić information content (AvgIpc) is 2.70. The van der Waals surface area contributed by atoms with Crippen LogP contribution < -0.4 is 0 Å². The summed E-state index contributed by atoms with van der Waals surface area (Å²) in [4.78, 5) is 13.1. The van der Waals surface area contributed by atoms with Crippen LogP contribution in [0.4, 0.5) is 0 Å². The van der Waals surface area contributed by atoms with Gasteiger partial charge in [-0.25, -0.2) is 0 Å². The molecule has 0 saturated carbocycles. The molecule has 1 N–H and O–H groups in total. The minimum absolute atomic E-state index is 0.361. The summed E-state index contributed by atoms with van der Waals surface area (Å²) >= 11 is 1.65. The van der Waals surface area contributed by atoms with Crippen LogP contribution in [0.5, 0.6) is 0 Å². The highest BCUT2D eigenvalue weighted by molar-refractivity contribution is 7.07. The van der Waals surface area contributed by atoms with Gasteiger partial charge >= 0.3 is 5.97 Å². The number of thiophene rings is 1. The number of carbonyl (C=O) groups is 1. The van der Waals surface area contributed by atoms with Gasteiger partial charge in [-0.3, -0.25) is 9.69 Å². The van der Waals surface area contributed by atoms with E-state index in [1.807, 2.05) is 23.4 Å². The number of nitrogens with zero attached hydrogens (tertiary/aromatic N) is 1. The Balaban J connectivity index is 2.53. The average molecular weight is 241 g/mol. The zero-order valence-electron chi connectivity index (χ0n) is 9.85. The van der Waals surface area contributed by atoms with Crippen molar-refractivity contribution in [1.82, 2.24) is 4.90 Å². The van der Waals surface area contributed by atoms with Crippen LogP contribution >= 0.6 is 11.3 Å². The standard InChI is InChI=1S/C12H19NO2S/c1-3-4-5-11(12(14)15)13(2)8-10-6-7-16-9-10/h6-7,9,11H,3-5,8H2,1-2H3,(H,14,15). The monoisotopic (exact) mass is 241 g/mol. The molecule has 0 aromatic carbocycles. The molecule has 1 rings (SSSR count). The van der Waals surface area contributed by atoms with E-state index in [-0.39, 0.29) is 6.04 Å². The van der Waals surface area contributed by atoms with Gasteiger partial charge in [0.2, 0.25) is 0 Å². The van der Waals surface area contributed by atoms with Gasteiger partial charge in [0.15, 0.2) is 0 Å². The fourth-order valence-corrected chi connectivity index (χ4v) is 2.37. The third-order valence-corrected chi connectivity index (χ3v) is 3.39. The van der Waals surface area contributed by atoms with E-state index in [4.69, 9.17) is 5.11 Å². The SMILES string of the molecule is CCCCC(C(=O)O)N(C)Cc1ccsc1. The van der Waals surface area contributed by atoms with Crippen molar-refractivity contribution in [2.45, 2.75) is 38.8 Å². The second-order valence-electron chi connectivity index (χ2n) is 4.04. The Labute approximate surface area is 101 Å². The van der Waals surface area contributed by atoms with Crippen LogP contribution in [0.1, 0.15) is 31.7 Å². The van der Waals surface area contributed by atoms with Crippen molar-refractivity contribution in [1.29, 1.82) is 0 Å². The first-order valence-corrected chi connectivity index (χ1v) is 6.53. The first-order chi connectivity index (χ1) is 7.65. The molecular formula is C12H19NO2S. The molecule has 1 unspecified atom stereocenters. The smallest absolute Gasteiger partial charge is 0.320 e. The molecule has 3 nitrogen and oxygen atoms in total. The van der Waals surface area contributed by atoms with Crippen LogP contribution in [0.25, 0.3) is 0 Å². The highest BCUT2D eigenvalue weighted by Crippen LogP contribution is 2.13. The molecule has 1 aromatic heterocycles.